The number of rotatable bonds is 4. The van der Waals surface area contributed by atoms with Crippen LogP contribution in [0.2, 0.25) is 0 Å². The fraction of sp³-hybridized carbons (Fsp3) is 0.409. The van der Waals surface area contributed by atoms with Gasteiger partial charge in [0.25, 0.3) is 0 Å². The van der Waals surface area contributed by atoms with Crippen LogP contribution in [0.3, 0.4) is 0 Å². The Morgan fingerprint density at radius 2 is 0.804 bits per heavy atom. The highest BCUT2D eigenvalue weighted by atomic mass is 15.1. The molecule has 46 heavy (non-hydrogen) atoms. The van der Waals surface area contributed by atoms with Crippen molar-refractivity contribution in [2.24, 2.45) is 0 Å². The topological polar surface area (TPSA) is 6.48 Å². The summed E-state index contributed by atoms with van der Waals surface area (Å²) in [6.07, 6.45) is 18.0. The second-order valence-corrected chi connectivity index (χ2v) is 14.6. The van der Waals surface area contributed by atoms with Crippen molar-refractivity contribution in [1.82, 2.24) is 0 Å². The SMILES string of the molecule is c1cc2c(c(-c3c4ccc(N5CCCCC5)cc4c(-c4cccc5c4CCCC5)c4ccc(N5CCCCC5)cc34)c1)CCCC2. The molecule has 9 rings (SSSR count). The highest BCUT2D eigenvalue weighted by Crippen LogP contribution is 2.49. The van der Waals surface area contributed by atoms with Crippen LogP contribution < -0.4 is 9.80 Å². The van der Waals surface area contributed by atoms with Crippen molar-refractivity contribution in [2.45, 2.75) is 89.9 Å². The molecule has 0 unspecified atom stereocenters. The van der Waals surface area contributed by atoms with E-state index in [1.807, 2.05) is 0 Å². The lowest BCUT2D eigenvalue weighted by atomic mass is 9.79. The van der Waals surface area contributed by atoms with E-state index in [9.17, 15) is 0 Å². The highest BCUT2D eigenvalue weighted by Gasteiger charge is 2.25. The molecular weight excluding hydrogens is 556 g/mol. The Labute approximate surface area is 275 Å². The number of nitrogens with zero attached hydrogens (tertiary/aromatic N) is 2. The summed E-state index contributed by atoms with van der Waals surface area (Å²) >= 11 is 0. The first-order valence-electron chi connectivity index (χ1n) is 18.6. The lowest BCUT2D eigenvalue weighted by Crippen LogP contribution is -2.29. The van der Waals surface area contributed by atoms with E-state index in [0.717, 1.165) is 0 Å². The Morgan fingerprint density at radius 3 is 1.26 bits per heavy atom. The molecule has 0 saturated carbocycles. The fourth-order valence-electron chi connectivity index (χ4n) is 9.51. The van der Waals surface area contributed by atoms with Crippen LogP contribution in [0.15, 0.2) is 72.8 Å². The molecule has 2 aliphatic carbocycles. The Balaban J connectivity index is 1.39. The van der Waals surface area contributed by atoms with Crippen molar-refractivity contribution in [3.8, 4) is 22.3 Å². The van der Waals surface area contributed by atoms with Crippen LogP contribution in [0.25, 0.3) is 43.8 Å². The van der Waals surface area contributed by atoms with E-state index in [1.165, 1.54) is 171 Å². The molecule has 2 nitrogen and oxygen atoms in total. The third-order valence-corrected chi connectivity index (χ3v) is 11.9. The van der Waals surface area contributed by atoms with Crippen molar-refractivity contribution in [1.29, 1.82) is 0 Å². The minimum absolute atomic E-state index is 1.17. The lowest BCUT2D eigenvalue weighted by molar-refractivity contribution is 0.578. The number of benzene rings is 5. The van der Waals surface area contributed by atoms with Gasteiger partial charge in [0, 0.05) is 37.6 Å². The van der Waals surface area contributed by atoms with E-state index in [2.05, 4.69) is 82.6 Å². The van der Waals surface area contributed by atoms with E-state index in [1.54, 1.807) is 22.3 Å². The quantitative estimate of drug-likeness (QED) is 0.188. The predicted molar refractivity (Wildman–Crippen MR) is 198 cm³/mol. The average Bonchev–Trinajstić information content (AvgIpc) is 3.14. The standard InChI is InChI=1S/C44H48N2/c1-7-25-45(26-8-1)33-21-23-39-41(29-33)43(37-19-11-15-31-13-3-5-17-35(31)37)40-24-22-34(46-27-9-2-10-28-46)30-42(40)44(39)38-20-12-16-32-14-4-6-18-36(32)38/h11-12,15-16,19-24,29-30H,1-10,13-14,17-18,25-28H2. The second-order valence-electron chi connectivity index (χ2n) is 14.6. The van der Waals surface area contributed by atoms with Gasteiger partial charge in [-0.3, -0.25) is 0 Å². The molecule has 0 amide bonds. The normalized spacial score (nSPS) is 18.5. The highest BCUT2D eigenvalue weighted by molar-refractivity contribution is 6.23. The zero-order chi connectivity index (χ0) is 30.5. The molecule has 2 heterocycles. The van der Waals surface area contributed by atoms with Crippen LogP contribution in [0, 0.1) is 0 Å². The number of piperidine rings is 2. The monoisotopic (exact) mass is 604 g/mol. The summed E-state index contributed by atoms with van der Waals surface area (Å²) in [6.45, 7) is 4.70. The van der Waals surface area contributed by atoms with Crippen LogP contribution in [-0.2, 0) is 25.7 Å². The van der Waals surface area contributed by atoms with Gasteiger partial charge in [0.15, 0.2) is 0 Å². The van der Waals surface area contributed by atoms with E-state index in [0.29, 0.717) is 0 Å². The molecule has 2 aliphatic heterocycles. The third kappa shape index (κ3) is 4.91. The molecular formula is C44H48N2. The Hall–Kier alpha value is -3.78. The molecule has 0 atom stereocenters. The van der Waals surface area contributed by atoms with Crippen LogP contribution in [0.4, 0.5) is 11.4 Å². The molecule has 2 saturated heterocycles. The Kier molecular flexibility index (Phi) is 7.48. The Morgan fingerprint density at radius 1 is 0.370 bits per heavy atom. The molecule has 0 N–H and O–H groups in total. The molecule has 0 spiro atoms. The second kappa shape index (κ2) is 12.1. The van der Waals surface area contributed by atoms with Gasteiger partial charge in [0.05, 0.1) is 0 Å². The molecule has 2 fully saturated rings. The van der Waals surface area contributed by atoms with Gasteiger partial charge in [-0.15, -0.1) is 0 Å². The van der Waals surface area contributed by atoms with Crippen LogP contribution in [-0.4, -0.2) is 26.2 Å². The van der Waals surface area contributed by atoms with Crippen LogP contribution in [0.1, 0.15) is 86.5 Å². The number of fused-ring (bicyclic) bond motifs is 4. The molecule has 234 valence electrons. The van der Waals surface area contributed by atoms with Gasteiger partial charge in [0.2, 0.25) is 0 Å². The summed E-state index contributed by atoms with van der Waals surface area (Å²) in [7, 11) is 0. The van der Waals surface area contributed by atoms with E-state index < -0.39 is 0 Å². The summed E-state index contributed by atoms with van der Waals surface area (Å²) in [4.78, 5) is 5.31. The first kappa shape index (κ1) is 28.4. The first-order valence-corrected chi connectivity index (χ1v) is 18.6. The van der Waals surface area contributed by atoms with Gasteiger partial charge in [-0.1, -0.05) is 48.5 Å². The average molecular weight is 605 g/mol. The molecule has 0 radical (unpaired) electrons. The van der Waals surface area contributed by atoms with Crippen molar-refractivity contribution in [2.75, 3.05) is 36.0 Å². The maximum atomic E-state index is 2.65. The zero-order valence-electron chi connectivity index (χ0n) is 27.6. The van der Waals surface area contributed by atoms with Gasteiger partial charge in [0.1, 0.15) is 0 Å². The van der Waals surface area contributed by atoms with Crippen molar-refractivity contribution in [3.05, 3.63) is 95.1 Å². The van der Waals surface area contributed by atoms with Crippen LogP contribution in [0.5, 0.6) is 0 Å². The first-order chi connectivity index (χ1) is 22.8. The summed E-state index contributed by atoms with van der Waals surface area (Å²) in [5.74, 6) is 0. The Bertz CT molecular complexity index is 1780. The molecule has 0 bridgehead atoms. The minimum atomic E-state index is 1.17. The molecule has 5 aromatic rings. The molecule has 5 aromatic carbocycles. The molecule has 4 aliphatic rings. The van der Waals surface area contributed by atoms with Gasteiger partial charge >= 0.3 is 0 Å². The van der Waals surface area contributed by atoms with Crippen molar-refractivity contribution in [3.63, 3.8) is 0 Å². The summed E-state index contributed by atoms with van der Waals surface area (Å²) in [5.41, 5.74) is 15.1. The van der Waals surface area contributed by atoms with Gasteiger partial charge in [-0.25, -0.2) is 0 Å². The zero-order valence-corrected chi connectivity index (χ0v) is 27.6. The van der Waals surface area contributed by atoms with Crippen molar-refractivity contribution < 1.29 is 0 Å². The number of anilines is 2. The maximum Gasteiger partial charge on any atom is 0.0372 e. The summed E-state index contributed by atoms with van der Waals surface area (Å²) < 4.78 is 0. The summed E-state index contributed by atoms with van der Waals surface area (Å²) in [5, 5.41) is 5.77. The lowest BCUT2D eigenvalue weighted by Gasteiger charge is -2.31. The van der Waals surface area contributed by atoms with Crippen LogP contribution >= 0.6 is 0 Å². The minimum Gasteiger partial charge on any atom is -0.372 e. The fourth-order valence-corrected chi connectivity index (χ4v) is 9.51. The molecule has 0 aromatic heterocycles. The summed E-state index contributed by atoms with van der Waals surface area (Å²) in [6, 6.07) is 29.5. The van der Waals surface area contributed by atoms with E-state index >= 15 is 0 Å². The smallest absolute Gasteiger partial charge is 0.0372 e. The predicted octanol–water partition coefficient (Wildman–Crippen LogP) is 11.1. The van der Waals surface area contributed by atoms with E-state index in [-0.39, 0.29) is 0 Å². The third-order valence-electron chi connectivity index (χ3n) is 11.9. The van der Waals surface area contributed by atoms with Gasteiger partial charge < -0.3 is 9.80 Å². The van der Waals surface area contributed by atoms with Gasteiger partial charge in [-0.2, -0.15) is 0 Å². The van der Waals surface area contributed by atoms with Crippen molar-refractivity contribution >= 4 is 32.9 Å². The number of hydrogen-bond donors (Lipinski definition) is 0. The number of hydrogen-bond acceptors (Lipinski definition) is 2. The largest absolute Gasteiger partial charge is 0.372 e. The maximum absolute atomic E-state index is 2.65. The number of aryl methyl sites for hydroxylation is 2. The molecule has 2 heteroatoms. The van der Waals surface area contributed by atoms with Gasteiger partial charge in [-0.05, 0) is 180 Å². The van der Waals surface area contributed by atoms with E-state index in [4.69, 9.17) is 0 Å².